The van der Waals surface area contributed by atoms with Gasteiger partial charge in [-0.05, 0) is 24.1 Å². The van der Waals surface area contributed by atoms with Gasteiger partial charge in [0.1, 0.15) is 0 Å². The Morgan fingerprint density at radius 3 is 2.56 bits per heavy atom. The van der Waals surface area contributed by atoms with E-state index in [1.165, 1.54) is 18.5 Å². The van der Waals surface area contributed by atoms with E-state index in [2.05, 4.69) is 42.7 Å². The minimum Gasteiger partial charge on any atom is -0.368 e. The summed E-state index contributed by atoms with van der Waals surface area (Å²) >= 11 is 5.79. The Balaban J connectivity index is 2.67. The molecule has 0 aliphatic heterocycles. The zero-order valence-electron chi connectivity index (χ0n) is 9.95. The zero-order chi connectivity index (χ0) is 11.8. The molecule has 1 aromatic rings. The molecule has 0 bridgehead atoms. The number of alkyl halides is 1. The van der Waals surface area contributed by atoms with Gasteiger partial charge in [0, 0.05) is 24.7 Å². The molecule has 0 aliphatic rings. The standard InChI is InChI=1S/C14H20ClN/c1-3-4-10-16(12-13(2)11-15)14-8-6-5-7-9-14/h5-9H,2-4,10-12H2,1H3. The molecule has 2 heteroatoms. The molecule has 0 fully saturated rings. The predicted molar refractivity (Wildman–Crippen MR) is 73.4 cm³/mol. The smallest absolute Gasteiger partial charge is 0.0448 e. The van der Waals surface area contributed by atoms with Crippen molar-refractivity contribution < 1.29 is 0 Å². The molecular formula is C14H20ClN. The molecule has 0 heterocycles. The highest BCUT2D eigenvalue weighted by molar-refractivity contribution is 6.19. The van der Waals surface area contributed by atoms with Crippen LogP contribution in [0.4, 0.5) is 5.69 Å². The molecule has 0 unspecified atom stereocenters. The summed E-state index contributed by atoms with van der Waals surface area (Å²) in [6.07, 6.45) is 2.40. The van der Waals surface area contributed by atoms with Gasteiger partial charge in [0.05, 0.1) is 0 Å². The molecule has 0 spiro atoms. The lowest BCUT2D eigenvalue weighted by atomic mass is 10.2. The van der Waals surface area contributed by atoms with Crippen LogP contribution in [0.5, 0.6) is 0 Å². The van der Waals surface area contributed by atoms with Crippen LogP contribution in [0.15, 0.2) is 42.5 Å². The van der Waals surface area contributed by atoms with Gasteiger partial charge in [-0.3, -0.25) is 0 Å². The number of rotatable bonds is 7. The SMILES string of the molecule is C=C(CCl)CN(CCCC)c1ccccc1. The molecule has 1 aromatic carbocycles. The second kappa shape index (κ2) is 7.34. The molecule has 88 valence electrons. The summed E-state index contributed by atoms with van der Waals surface area (Å²) in [5, 5.41) is 0. The van der Waals surface area contributed by atoms with Gasteiger partial charge in [-0.15, -0.1) is 11.6 Å². The number of benzene rings is 1. The number of hydrogen-bond donors (Lipinski definition) is 0. The summed E-state index contributed by atoms with van der Waals surface area (Å²) in [6.45, 7) is 8.10. The van der Waals surface area contributed by atoms with Gasteiger partial charge in [0.25, 0.3) is 0 Å². The Kier molecular flexibility index (Phi) is 6.02. The highest BCUT2D eigenvalue weighted by Gasteiger charge is 2.06. The van der Waals surface area contributed by atoms with E-state index in [0.29, 0.717) is 5.88 Å². The van der Waals surface area contributed by atoms with E-state index in [4.69, 9.17) is 11.6 Å². The highest BCUT2D eigenvalue weighted by Crippen LogP contribution is 2.15. The number of halogens is 1. The van der Waals surface area contributed by atoms with Crippen LogP contribution in [-0.4, -0.2) is 19.0 Å². The van der Waals surface area contributed by atoms with Crippen LogP contribution in [0.3, 0.4) is 0 Å². The predicted octanol–water partition coefficient (Wildman–Crippen LogP) is 4.09. The molecule has 0 amide bonds. The number of unbranched alkanes of at least 4 members (excludes halogenated alkanes) is 1. The average molecular weight is 238 g/mol. The number of para-hydroxylation sites is 1. The van der Waals surface area contributed by atoms with Crippen molar-refractivity contribution in [2.75, 3.05) is 23.9 Å². The first kappa shape index (κ1) is 13.1. The molecule has 0 radical (unpaired) electrons. The third kappa shape index (κ3) is 4.28. The summed E-state index contributed by atoms with van der Waals surface area (Å²) in [5.41, 5.74) is 2.32. The van der Waals surface area contributed by atoms with Crippen molar-refractivity contribution >= 4 is 17.3 Å². The van der Waals surface area contributed by atoms with Crippen LogP contribution in [-0.2, 0) is 0 Å². The Morgan fingerprint density at radius 1 is 1.31 bits per heavy atom. The maximum Gasteiger partial charge on any atom is 0.0448 e. The third-order valence-electron chi connectivity index (χ3n) is 2.51. The van der Waals surface area contributed by atoms with Gasteiger partial charge in [0.2, 0.25) is 0 Å². The largest absolute Gasteiger partial charge is 0.368 e. The van der Waals surface area contributed by atoms with Crippen LogP contribution in [0, 0.1) is 0 Å². The fourth-order valence-electron chi connectivity index (χ4n) is 1.60. The Bertz CT molecular complexity index is 308. The molecule has 0 aromatic heterocycles. The molecule has 0 saturated heterocycles. The topological polar surface area (TPSA) is 3.24 Å². The van der Waals surface area contributed by atoms with E-state index in [0.717, 1.165) is 18.7 Å². The minimum atomic E-state index is 0.537. The minimum absolute atomic E-state index is 0.537. The molecule has 0 N–H and O–H groups in total. The first-order valence-corrected chi connectivity index (χ1v) is 6.34. The highest BCUT2D eigenvalue weighted by atomic mass is 35.5. The van der Waals surface area contributed by atoms with E-state index in [9.17, 15) is 0 Å². The van der Waals surface area contributed by atoms with Gasteiger partial charge in [-0.2, -0.15) is 0 Å². The first-order valence-electron chi connectivity index (χ1n) is 5.80. The van der Waals surface area contributed by atoms with E-state index in [-0.39, 0.29) is 0 Å². The Labute approximate surface area is 104 Å². The molecule has 0 atom stereocenters. The van der Waals surface area contributed by atoms with Gasteiger partial charge in [-0.1, -0.05) is 38.1 Å². The summed E-state index contributed by atoms with van der Waals surface area (Å²) in [4.78, 5) is 2.34. The van der Waals surface area contributed by atoms with Crippen LogP contribution in [0.2, 0.25) is 0 Å². The van der Waals surface area contributed by atoms with E-state index in [1.807, 2.05) is 6.07 Å². The summed E-state index contributed by atoms with van der Waals surface area (Å²) in [5.74, 6) is 0.537. The monoisotopic (exact) mass is 237 g/mol. The van der Waals surface area contributed by atoms with Crippen molar-refractivity contribution in [3.8, 4) is 0 Å². The molecule has 1 rings (SSSR count). The van der Waals surface area contributed by atoms with Gasteiger partial charge >= 0.3 is 0 Å². The molecule has 16 heavy (non-hydrogen) atoms. The van der Waals surface area contributed by atoms with Gasteiger partial charge < -0.3 is 4.90 Å². The van der Waals surface area contributed by atoms with Gasteiger partial charge in [0.15, 0.2) is 0 Å². The maximum atomic E-state index is 5.79. The van der Waals surface area contributed by atoms with Crippen LogP contribution < -0.4 is 4.90 Å². The van der Waals surface area contributed by atoms with Crippen molar-refractivity contribution in [2.45, 2.75) is 19.8 Å². The molecule has 1 nitrogen and oxygen atoms in total. The van der Waals surface area contributed by atoms with Crippen molar-refractivity contribution in [3.05, 3.63) is 42.5 Å². The van der Waals surface area contributed by atoms with Crippen molar-refractivity contribution in [3.63, 3.8) is 0 Å². The fourth-order valence-corrected chi connectivity index (χ4v) is 1.68. The second-order valence-electron chi connectivity index (χ2n) is 3.99. The summed E-state index contributed by atoms with van der Waals surface area (Å²) in [6, 6.07) is 10.4. The summed E-state index contributed by atoms with van der Waals surface area (Å²) in [7, 11) is 0. The lowest BCUT2D eigenvalue weighted by molar-refractivity contribution is 0.739. The normalized spacial score (nSPS) is 10.1. The fraction of sp³-hybridized carbons (Fsp3) is 0.429. The van der Waals surface area contributed by atoms with Crippen molar-refractivity contribution in [2.24, 2.45) is 0 Å². The maximum absolute atomic E-state index is 5.79. The third-order valence-corrected chi connectivity index (χ3v) is 2.88. The average Bonchev–Trinajstić information content (AvgIpc) is 2.35. The molecule has 0 aliphatic carbocycles. The van der Waals surface area contributed by atoms with Crippen LogP contribution in [0.25, 0.3) is 0 Å². The lowest BCUT2D eigenvalue weighted by Gasteiger charge is -2.25. The Morgan fingerprint density at radius 2 is 2.00 bits per heavy atom. The zero-order valence-corrected chi connectivity index (χ0v) is 10.7. The van der Waals surface area contributed by atoms with Crippen molar-refractivity contribution in [1.82, 2.24) is 0 Å². The van der Waals surface area contributed by atoms with E-state index in [1.54, 1.807) is 0 Å². The second-order valence-corrected chi connectivity index (χ2v) is 4.26. The van der Waals surface area contributed by atoms with Crippen LogP contribution in [0.1, 0.15) is 19.8 Å². The van der Waals surface area contributed by atoms with E-state index < -0.39 is 0 Å². The van der Waals surface area contributed by atoms with Crippen molar-refractivity contribution in [1.29, 1.82) is 0 Å². The Hall–Kier alpha value is -0.950. The summed E-state index contributed by atoms with van der Waals surface area (Å²) < 4.78 is 0. The number of anilines is 1. The van der Waals surface area contributed by atoms with E-state index >= 15 is 0 Å². The first-order chi connectivity index (χ1) is 7.77. The number of hydrogen-bond acceptors (Lipinski definition) is 1. The van der Waals surface area contributed by atoms with Gasteiger partial charge in [-0.25, -0.2) is 0 Å². The molecule has 0 saturated carbocycles. The quantitative estimate of drug-likeness (QED) is 0.510. The lowest BCUT2D eigenvalue weighted by Crippen LogP contribution is -2.26. The molecular weight excluding hydrogens is 218 g/mol. The number of nitrogens with zero attached hydrogens (tertiary/aromatic N) is 1. The van der Waals surface area contributed by atoms with Crippen LogP contribution >= 0.6 is 11.6 Å².